The van der Waals surface area contributed by atoms with Gasteiger partial charge in [0.25, 0.3) is 0 Å². The van der Waals surface area contributed by atoms with Crippen LogP contribution in [0.4, 0.5) is 20.2 Å². The third-order valence-electron chi connectivity index (χ3n) is 3.24. The molecule has 112 valence electrons. The van der Waals surface area contributed by atoms with Gasteiger partial charge in [0.15, 0.2) is 0 Å². The summed E-state index contributed by atoms with van der Waals surface area (Å²) in [4.78, 5) is 1.89. The van der Waals surface area contributed by atoms with Crippen LogP contribution in [0.5, 0.6) is 0 Å². The first kappa shape index (κ1) is 15.6. The monoisotopic (exact) mass is 310 g/mol. The van der Waals surface area contributed by atoms with Crippen molar-refractivity contribution in [3.63, 3.8) is 0 Å². The van der Waals surface area contributed by atoms with Crippen molar-refractivity contribution in [2.75, 3.05) is 24.3 Å². The molecule has 0 aliphatic heterocycles. The quantitative estimate of drug-likeness (QED) is 0.867. The fourth-order valence-electron chi connectivity index (χ4n) is 2.25. The van der Waals surface area contributed by atoms with Crippen LogP contribution in [0.25, 0.3) is 0 Å². The second-order valence-corrected chi connectivity index (χ2v) is 5.47. The van der Waals surface area contributed by atoms with E-state index in [4.69, 9.17) is 11.6 Å². The van der Waals surface area contributed by atoms with Gasteiger partial charge in [0.05, 0.1) is 22.4 Å². The Balaban J connectivity index is 2.31. The normalized spacial score (nSPS) is 12.1. The summed E-state index contributed by atoms with van der Waals surface area (Å²) < 4.78 is 26.8. The Morgan fingerprint density at radius 2 is 1.86 bits per heavy atom. The van der Waals surface area contributed by atoms with Gasteiger partial charge in [-0.05, 0) is 25.1 Å². The van der Waals surface area contributed by atoms with Crippen LogP contribution in [0.15, 0.2) is 36.4 Å². The third kappa shape index (κ3) is 3.45. The number of hydrogen-bond acceptors (Lipinski definition) is 2. The van der Waals surface area contributed by atoms with Crippen LogP contribution in [0.1, 0.15) is 18.5 Å². The SMILES string of the molecule is CC(Nc1cccc(Cl)c1N(C)C)c1ccc(F)cc1F. The highest BCUT2D eigenvalue weighted by Crippen LogP contribution is 2.34. The number of benzene rings is 2. The van der Waals surface area contributed by atoms with Crippen LogP contribution in [0.3, 0.4) is 0 Å². The zero-order valence-electron chi connectivity index (χ0n) is 12.1. The van der Waals surface area contributed by atoms with Crippen molar-refractivity contribution in [3.8, 4) is 0 Å². The molecule has 0 saturated carbocycles. The van der Waals surface area contributed by atoms with Crippen molar-refractivity contribution in [3.05, 3.63) is 58.6 Å². The van der Waals surface area contributed by atoms with Crippen molar-refractivity contribution < 1.29 is 8.78 Å². The first-order valence-corrected chi connectivity index (χ1v) is 6.95. The Labute approximate surface area is 128 Å². The van der Waals surface area contributed by atoms with Crippen LogP contribution in [-0.4, -0.2) is 14.1 Å². The van der Waals surface area contributed by atoms with Crippen molar-refractivity contribution in [1.82, 2.24) is 0 Å². The van der Waals surface area contributed by atoms with Crippen LogP contribution in [0.2, 0.25) is 5.02 Å². The minimum atomic E-state index is -0.583. The van der Waals surface area contributed by atoms with Crippen molar-refractivity contribution in [1.29, 1.82) is 0 Å². The molecular formula is C16H17ClF2N2. The fourth-order valence-corrected chi connectivity index (χ4v) is 2.59. The molecule has 0 spiro atoms. The summed E-state index contributed by atoms with van der Waals surface area (Å²) in [6.07, 6.45) is 0. The molecule has 0 heterocycles. The Hall–Kier alpha value is -1.81. The van der Waals surface area contributed by atoms with Gasteiger partial charge in [0.2, 0.25) is 0 Å². The predicted molar refractivity (Wildman–Crippen MR) is 84.2 cm³/mol. The zero-order valence-corrected chi connectivity index (χ0v) is 12.9. The average molecular weight is 311 g/mol. The topological polar surface area (TPSA) is 15.3 Å². The second kappa shape index (κ2) is 6.31. The molecule has 2 rings (SSSR count). The maximum absolute atomic E-state index is 13.8. The zero-order chi connectivity index (χ0) is 15.6. The summed E-state index contributed by atoms with van der Waals surface area (Å²) in [6, 6.07) is 8.76. The van der Waals surface area contributed by atoms with Crippen LogP contribution >= 0.6 is 11.6 Å². The average Bonchev–Trinajstić information content (AvgIpc) is 2.37. The van der Waals surface area contributed by atoms with E-state index in [1.54, 1.807) is 6.07 Å². The molecular weight excluding hydrogens is 294 g/mol. The van der Waals surface area contributed by atoms with E-state index in [1.807, 2.05) is 38.1 Å². The highest BCUT2D eigenvalue weighted by atomic mass is 35.5. The molecule has 1 N–H and O–H groups in total. The minimum absolute atomic E-state index is 0.317. The van der Waals surface area contributed by atoms with Gasteiger partial charge in [-0.25, -0.2) is 8.78 Å². The maximum atomic E-state index is 13.8. The summed E-state index contributed by atoms with van der Waals surface area (Å²) in [7, 11) is 3.77. The Bertz CT molecular complexity index is 644. The standard InChI is InChI=1S/C16H17ClF2N2/c1-10(12-8-7-11(18)9-14(12)19)20-15-6-4-5-13(17)16(15)21(2)3/h4-10,20H,1-3H3. The molecule has 1 atom stereocenters. The van der Waals surface area contributed by atoms with Gasteiger partial charge in [-0.15, -0.1) is 0 Å². The van der Waals surface area contributed by atoms with Crippen molar-refractivity contribution in [2.45, 2.75) is 13.0 Å². The van der Waals surface area contributed by atoms with E-state index in [1.165, 1.54) is 12.1 Å². The molecule has 5 heteroatoms. The molecule has 1 unspecified atom stereocenters. The van der Waals surface area contributed by atoms with Gasteiger partial charge in [-0.3, -0.25) is 0 Å². The largest absolute Gasteiger partial charge is 0.377 e. The van der Waals surface area contributed by atoms with Crippen LogP contribution in [-0.2, 0) is 0 Å². The Morgan fingerprint density at radius 1 is 1.14 bits per heavy atom. The van der Waals surface area contributed by atoms with E-state index in [-0.39, 0.29) is 6.04 Å². The number of para-hydroxylation sites is 1. The molecule has 2 nitrogen and oxygen atoms in total. The van der Waals surface area contributed by atoms with E-state index in [9.17, 15) is 8.78 Å². The van der Waals surface area contributed by atoms with E-state index in [0.717, 1.165) is 17.4 Å². The van der Waals surface area contributed by atoms with Gasteiger partial charge in [0.1, 0.15) is 11.6 Å². The predicted octanol–water partition coefficient (Wildman–Crippen LogP) is 4.86. The number of nitrogens with one attached hydrogen (secondary N) is 1. The van der Waals surface area contributed by atoms with Gasteiger partial charge < -0.3 is 10.2 Å². The summed E-state index contributed by atoms with van der Waals surface area (Å²) in [5.41, 5.74) is 2.03. The first-order chi connectivity index (χ1) is 9.90. The Kier molecular flexibility index (Phi) is 4.68. The lowest BCUT2D eigenvalue weighted by Crippen LogP contribution is -2.15. The van der Waals surface area contributed by atoms with Crippen LogP contribution in [0, 0.1) is 11.6 Å². The van der Waals surface area contributed by atoms with Gasteiger partial charge in [-0.2, -0.15) is 0 Å². The molecule has 0 aromatic heterocycles. The molecule has 0 amide bonds. The maximum Gasteiger partial charge on any atom is 0.131 e. The third-order valence-corrected chi connectivity index (χ3v) is 3.54. The smallest absolute Gasteiger partial charge is 0.131 e. The first-order valence-electron chi connectivity index (χ1n) is 6.57. The van der Waals surface area contributed by atoms with Crippen molar-refractivity contribution >= 4 is 23.0 Å². The van der Waals surface area contributed by atoms with E-state index in [0.29, 0.717) is 10.6 Å². The fraction of sp³-hybridized carbons (Fsp3) is 0.250. The molecule has 2 aromatic rings. The summed E-state index contributed by atoms with van der Waals surface area (Å²) >= 11 is 6.20. The lowest BCUT2D eigenvalue weighted by Gasteiger charge is -2.23. The summed E-state index contributed by atoms with van der Waals surface area (Å²) in [6.45, 7) is 1.82. The van der Waals surface area contributed by atoms with Crippen molar-refractivity contribution in [2.24, 2.45) is 0 Å². The summed E-state index contributed by atoms with van der Waals surface area (Å²) in [5.74, 6) is -1.15. The number of nitrogens with zero attached hydrogens (tertiary/aromatic N) is 1. The van der Waals surface area contributed by atoms with Gasteiger partial charge in [0, 0.05) is 25.7 Å². The highest BCUT2D eigenvalue weighted by Gasteiger charge is 2.15. The highest BCUT2D eigenvalue weighted by molar-refractivity contribution is 6.34. The Morgan fingerprint density at radius 3 is 2.48 bits per heavy atom. The molecule has 21 heavy (non-hydrogen) atoms. The van der Waals surface area contributed by atoms with Gasteiger partial charge >= 0.3 is 0 Å². The molecule has 0 aliphatic carbocycles. The summed E-state index contributed by atoms with van der Waals surface area (Å²) in [5, 5.41) is 3.83. The minimum Gasteiger partial charge on any atom is -0.377 e. The molecule has 2 aromatic carbocycles. The molecule has 0 aliphatic rings. The lowest BCUT2D eigenvalue weighted by molar-refractivity contribution is 0.566. The van der Waals surface area contributed by atoms with E-state index < -0.39 is 11.6 Å². The van der Waals surface area contributed by atoms with E-state index in [2.05, 4.69) is 5.32 Å². The molecule has 0 fully saturated rings. The number of rotatable bonds is 4. The number of halogens is 3. The molecule has 0 radical (unpaired) electrons. The molecule has 0 saturated heterocycles. The second-order valence-electron chi connectivity index (χ2n) is 5.06. The lowest BCUT2D eigenvalue weighted by atomic mass is 10.1. The van der Waals surface area contributed by atoms with Gasteiger partial charge in [-0.1, -0.05) is 23.7 Å². The number of anilines is 2. The van der Waals surface area contributed by atoms with E-state index >= 15 is 0 Å². The number of hydrogen-bond donors (Lipinski definition) is 1. The van der Waals surface area contributed by atoms with Crippen LogP contribution < -0.4 is 10.2 Å². The molecule has 0 bridgehead atoms.